The first-order valence-corrected chi connectivity index (χ1v) is 7.51. The van der Waals surface area contributed by atoms with Crippen LogP contribution in [0.1, 0.15) is 40.5 Å². The van der Waals surface area contributed by atoms with Crippen molar-refractivity contribution < 1.29 is 0 Å². The van der Waals surface area contributed by atoms with Crippen LogP contribution in [0.15, 0.2) is 35.6 Å². The molecule has 0 radical (unpaired) electrons. The van der Waals surface area contributed by atoms with E-state index in [9.17, 15) is 0 Å². The van der Waals surface area contributed by atoms with Crippen molar-refractivity contribution >= 4 is 9.39 Å². The van der Waals surface area contributed by atoms with Crippen molar-refractivity contribution in [3.05, 3.63) is 35.6 Å². The lowest BCUT2D eigenvalue weighted by Crippen LogP contribution is -2.26. The van der Waals surface area contributed by atoms with Gasteiger partial charge in [0.1, 0.15) is 0 Å². The van der Waals surface area contributed by atoms with Crippen molar-refractivity contribution in [1.82, 2.24) is 9.99 Å². The molecule has 0 saturated heterocycles. The van der Waals surface area contributed by atoms with Gasteiger partial charge in [-0.3, -0.25) is 4.67 Å². The van der Waals surface area contributed by atoms with Gasteiger partial charge in [0.2, 0.25) is 0 Å². The summed E-state index contributed by atoms with van der Waals surface area (Å²) in [5.74, 6) is 0. The minimum atomic E-state index is 0.976. The molecule has 1 atom stereocenters. The molecule has 0 fully saturated rings. The summed E-state index contributed by atoms with van der Waals surface area (Å²) in [6.45, 7) is 11.4. The van der Waals surface area contributed by atoms with E-state index in [1.807, 2.05) is 20.8 Å². The van der Waals surface area contributed by atoms with Crippen LogP contribution >= 0.6 is 9.39 Å². The van der Waals surface area contributed by atoms with Gasteiger partial charge in [-0.25, -0.2) is 0 Å². The molecule has 1 unspecified atom stereocenters. The quantitative estimate of drug-likeness (QED) is 0.601. The molecule has 0 aliphatic carbocycles. The molecule has 0 spiro atoms. The largest absolute Gasteiger partial charge is 0.385 e. The highest BCUT2D eigenvalue weighted by atomic mass is 31.0. The van der Waals surface area contributed by atoms with Crippen LogP contribution in [0.5, 0.6) is 0 Å². The summed E-state index contributed by atoms with van der Waals surface area (Å²) in [6, 6.07) is 0. The second kappa shape index (κ2) is 11.5. The molecule has 3 heteroatoms. The molecule has 1 aliphatic rings. The molecular weight excluding hydrogens is 239 g/mol. The predicted octanol–water partition coefficient (Wildman–Crippen LogP) is 3.89. The summed E-state index contributed by atoms with van der Waals surface area (Å²) >= 11 is 0. The van der Waals surface area contributed by atoms with Gasteiger partial charge in [-0.15, -0.1) is 0 Å². The molecular formula is C15H29N2P. The average Bonchev–Trinajstić information content (AvgIpc) is 2.43. The molecule has 1 N–H and O–H groups in total. The lowest BCUT2D eigenvalue weighted by Gasteiger charge is -2.22. The van der Waals surface area contributed by atoms with E-state index in [2.05, 4.69) is 50.6 Å². The Labute approximate surface area is 115 Å². The number of nitrogens with one attached hydrogen (secondary N) is 1. The molecule has 0 saturated carbocycles. The van der Waals surface area contributed by atoms with E-state index in [-0.39, 0.29) is 0 Å². The van der Waals surface area contributed by atoms with Gasteiger partial charge in [-0.05, 0) is 19.8 Å². The maximum atomic E-state index is 3.53. The Morgan fingerprint density at radius 1 is 1.50 bits per heavy atom. The molecule has 0 aromatic rings. The zero-order valence-corrected chi connectivity index (χ0v) is 13.5. The Bertz CT molecular complexity index is 293. The topological polar surface area (TPSA) is 15.3 Å². The van der Waals surface area contributed by atoms with Gasteiger partial charge >= 0.3 is 0 Å². The van der Waals surface area contributed by atoms with Gasteiger partial charge in [-0.2, -0.15) is 0 Å². The fourth-order valence-corrected chi connectivity index (χ4v) is 1.84. The highest BCUT2D eigenvalue weighted by Gasteiger charge is 2.07. The zero-order valence-electron chi connectivity index (χ0n) is 12.4. The molecule has 18 heavy (non-hydrogen) atoms. The Kier molecular flexibility index (Phi) is 11.1. The maximum Gasteiger partial charge on any atom is 0.0360 e. The van der Waals surface area contributed by atoms with Gasteiger partial charge in [0.05, 0.1) is 0 Å². The molecule has 1 heterocycles. The standard InChI is InChI=1S/C13H23N2P.C2H6/c1-3-5-6-12(4-2)11-14-13-7-9-15(16)10-8-13;1-2/h3,5-7,14H,4,8-11,16H2,1-2H3;1-2H3/b5-3-,12-6+;. The van der Waals surface area contributed by atoms with Gasteiger partial charge in [-0.1, -0.05) is 60.0 Å². The van der Waals surface area contributed by atoms with E-state index in [1.54, 1.807) is 0 Å². The van der Waals surface area contributed by atoms with Crippen LogP contribution < -0.4 is 5.32 Å². The Morgan fingerprint density at radius 3 is 2.72 bits per heavy atom. The second-order valence-corrected chi connectivity index (χ2v) is 4.76. The summed E-state index contributed by atoms with van der Waals surface area (Å²) in [5.41, 5.74) is 2.84. The van der Waals surface area contributed by atoms with E-state index in [4.69, 9.17) is 0 Å². The summed E-state index contributed by atoms with van der Waals surface area (Å²) in [4.78, 5) is 0. The third-order valence-electron chi connectivity index (χ3n) is 2.76. The summed E-state index contributed by atoms with van der Waals surface area (Å²) < 4.78 is 2.25. The minimum Gasteiger partial charge on any atom is -0.385 e. The summed E-state index contributed by atoms with van der Waals surface area (Å²) in [6.07, 6.45) is 10.9. The lowest BCUT2D eigenvalue weighted by atomic mass is 10.1. The monoisotopic (exact) mass is 268 g/mol. The first-order chi connectivity index (χ1) is 8.76. The fraction of sp³-hybridized carbons (Fsp3) is 0.600. The molecule has 0 amide bonds. The number of nitrogens with zero attached hydrogens (tertiary/aromatic N) is 1. The zero-order chi connectivity index (χ0) is 13.8. The number of hydrogen-bond donors (Lipinski definition) is 1. The van der Waals surface area contributed by atoms with E-state index in [0.29, 0.717) is 0 Å². The van der Waals surface area contributed by atoms with Gasteiger partial charge in [0, 0.05) is 25.3 Å². The van der Waals surface area contributed by atoms with Crippen molar-refractivity contribution in [2.45, 2.75) is 40.5 Å². The summed E-state index contributed by atoms with van der Waals surface area (Å²) in [7, 11) is 2.75. The number of hydrogen-bond acceptors (Lipinski definition) is 2. The van der Waals surface area contributed by atoms with Gasteiger partial charge in [0.25, 0.3) is 0 Å². The molecule has 1 aliphatic heterocycles. The molecule has 104 valence electrons. The van der Waals surface area contributed by atoms with Crippen LogP contribution in [0, 0.1) is 0 Å². The van der Waals surface area contributed by atoms with E-state index < -0.39 is 0 Å². The Morgan fingerprint density at radius 2 is 2.22 bits per heavy atom. The van der Waals surface area contributed by atoms with Crippen LogP contribution in [-0.4, -0.2) is 24.3 Å². The van der Waals surface area contributed by atoms with Crippen molar-refractivity contribution in [2.24, 2.45) is 0 Å². The van der Waals surface area contributed by atoms with Crippen LogP contribution in [0.4, 0.5) is 0 Å². The highest BCUT2D eigenvalue weighted by Crippen LogP contribution is 2.12. The van der Waals surface area contributed by atoms with Crippen molar-refractivity contribution in [2.75, 3.05) is 19.6 Å². The first kappa shape index (κ1) is 17.4. The third kappa shape index (κ3) is 7.68. The first-order valence-electron chi connectivity index (χ1n) is 6.99. The van der Waals surface area contributed by atoms with Crippen LogP contribution in [0.25, 0.3) is 0 Å². The highest BCUT2D eigenvalue weighted by molar-refractivity contribution is 7.13. The molecule has 0 bridgehead atoms. The maximum absolute atomic E-state index is 3.53. The predicted molar refractivity (Wildman–Crippen MR) is 86.5 cm³/mol. The average molecular weight is 268 g/mol. The van der Waals surface area contributed by atoms with Crippen LogP contribution in [0.3, 0.4) is 0 Å². The Hall–Kier alpha value is -0.590. The summed E-state index contributed by atoms with van der Waals surface area (Å²) in [5, 5.41) is 3.53. The smallest absolute Gasteiger partial charge is 0.0360 e. The molecule has 0 aromatic heterocycles. The number of rotatable bonds is 5. The fourth-order valence-electron chi connectivity index (χ4n) is 1.61. The number of allylic oxidation sites excluding steroid dienone is 3. The van der Waals surface area contributed by atoms with Crippen LogP contribution in [-0.2, 0) is 0 Å². The molecule has 2 nitrogen and oxygen atoms in total. The normalized spacial score (nSPS) is 17.2. The van der Waals surface area contributed by atoms with E-state index in [1.165, 1.54) is 11.3 Å². The van der Waals surface area contributed by atoms with Crippen molar-refractivity contribution in [1.29, 1.82) is 0 Å². The third-order valence-corrected chi connectivity index (χ3v) is 3.23. The Balaban J connectivity index is 0.00000137. The van der Waals surface area contributed by atoms with Crippen molar-refractivity contribution in [3.63, 3.8) is 0 Å². The lowest BCUT2D eigenvalue weighted by molar-refractivity contribution is 0.485. The second-order valence-electron chi connectivity index (χ2n) is 4.03. The van der Waals surface area contributed by atoms with Gasteiger partial charge < -0.3 is 5.32 Å². The minimum absolute atomic E-state index is 0.976. The van der Waals surface area contributed by atoms with E-state index >= 15 is 0 Å². The van der Waals surface area contributed by atoms with Gasteiger partial charge in [0.15, 0.2) is 0 Å². The molecule has 1 rings (SSSR count). The van der Waals surface area contributed by atoms with E-state index in [0.717, 1.165) is 32.5 Å². The molecule has 0 aromatic carbocycles. The van der Waals surface area contributed by atoms with Crippen LogP contribution in [0.2, 0.25) is 0 Å². The SMILES string of the molecule is C/C=C\C=C(/CC)CNC1=CCN(P)CC1.CC. The van der Waals surface area contributed by atoms with Crippen molar-refractivity contribution in [3.8, 4) is 0 Å².